The van der Waals surface area contributed by atoms with Gasteiger partial charge in [0.15, 0.2) is 0 Å². The number of carbonyl (C=O) groups is 6. The van der Waals surface area contributed by atoms with Gasteiger partial charge in [-0.1, -0.05) is 0 Å². The van der Waals surface area contributed by atoms with Gasteiger partial charge in [-0.15, -0.1) is 0 Å². The monoisotopic (exact) mass is 735 g/mol. The molecule has 3 amide bonds. The lowest BCUT2D eigenvalue weighted by Crippen LogP contribution is -2.53. The number of urea groups is 1. The first-order valence-electron chi connectivity index (χ1n) is 17.1. The number of nitrogens with one attached hydrogen (secondary N) is 3. The summed E-state index contributed by atoms with van der Waals surface area (Å²) in [6.07, 6.45) is -0.589. The van der Waals surface area contributed by atoms with E-state index in [0.717, 1.165) is 0 Å². The van der Waals surface area contributed by atoms with Crippen molar-refractivity contribution in [3.05, 3.63) is 0 Å². The number of rotatable bonds is 25. The number of ether oxygens (including phenoxy) is 7. The predicted octanol–water partition coefficient (Wildman–Crippen LogP) is 2.27. The van der Waals surface area contributed by atoms with E-state index in [4.69, 9.17) is 38.3 Å². The number of esters is 3. The quantitative estimate of drug-likeness (QED) is 0.0600. The number of carbonyl (C=O) groups excluding carboxylic acids is 5. The topological polar surface area (TPSA) is 223 Å². The lowest BCUT2D eigenvalue weighted by molar-refractivity contribution is -0.159. The molecule has 0 heterocycles. The number of carboxylic acids is 1. The highest BCUT2D eigenvalue weighted by Crippen LogP contribution is 2.15. The number of aliphatic carboxylic acids is 1. The van der Waals surface area contributed by atoms with Crippen molar-refractivity contribution in [3.63, 3.8) is 0 Å². The summed E-state index contributed by atoms with van der Waals surface area (Å²) in [6, 6.07) is -3.36. The number of carboxylic acid groups (broad SMARTS) is 1. The van der Waals surface area contributed by atoms with Crippen molar-refractivity contribution >= 4 is 35.8 Å². The van der Waals surface area contributed by atoms with Gasteiger partial charge in [-0.2, -0.15) is 0 Å². The summed E-state index contributed by atoms with van der Waals surface area (Å²) < 4.78 is 37.4. The highest BCUT2D eigenvalue weighted by molar-refractivity contribution is 5.88. The summed E-state index contributed by atoms with van der Waals surface area (Å²) in [5.74, 6) is -3.42. The third kappa shape index (κ3) is 29.9. The Hall–Kier alpha value is -3.54. The molecule has 0 aliphatic carbocycles. The summed E-state index contributed by atoms with van der Waals surface area (Å²) in [6.45, 7) is 17.5. The molecule has 17 nitrogen and oxygen atoms in total. The predicted molar refractivity (Wildman–Crippen MR) is 184 cm³/mol. The first kappa shape index (κ1) is 47.5. The minimum absolute atomic E-state index is 0.0545. The minimum Gasteiger partial charge on any atom is -0.481 e. The fourth-order valence-electron chi connectivity index (χ4n) is 3.80. The van der Waals surface area contributed by atoms with Gasteiger partial charge < -0.3 is 54.2 Å². The zero-order valence-electron chi connectivity index (χ0n) is 31.8. The third-order valence-corrected chi connectivity index (χ3v) is 5.86. The molecule has 0 rings (SSSR count). The third-order valence-electron chi connectivity index (χ3n) is 5.86. The highest BCUT2D eigenvalue weighted by atomic mass is 16.6. The average Bonchev–Trinajstić information content (AvgIpc) is 2.96. The number of hydrogen-bond donors (Lipinski definition) is 4. The molecule has 0 aliphatic rings. The van der Waals surface area contributed by atoms with Crippen molar-refractivity contribution in [1.29, 1.82) is 0 Å². The Morgan fingerprint density at radius 3 is 1.33 bits per heavy atom. The molecule has 0 aromatic heterocycles. The van der Waals surface area contributed by atoms with Gasteiger partial charge in [-0.25, -0.2) is 14.4 Å². The summed E-state index contributed by atoms with van der Waals surface area (Å²) in [5, 5.41) is 16.2. The van der Waals surface area contributed by atoms with Crippen LogP contribution in [0.3, 0.4) is 0 Å². The van der Waals surface area contributed by atoms with Gasteiger partial charge in [0.2, 0.25) is 5.91 Å². The fraction of sp³-hybridized carbons (Fsp3) is 0.824. The van der Waals surface area contributed by atoms with Crippen LogP contribution in [0.25, 0.3) is 0 Å². The molecule has 2 atom stereocenters. The van der Waals surface area contributed by atoms with Crippen LogP contribution in [0.5, 0.6) is 0 Å². The van der Waals surface area contributed by atoms with E-state index in [-0.39, 0.29) is 58.5 Å². The molecule has 0 aliphatic heterocycles. The van der Waals surface area contributed by atoms with E-state index in [1.54, 1.807) is 62.3 Å². The van der Waals surface area contributed by atoms with Crippen LogP contribution in [0.1, 0.15) is 94.4 Å². The van der Waals surface area contributed by atoms with Crippen LogP contribution in [0.15, 0.2) is 0 Å². The molecule has 17 heteroatoms. The van der Waals surface area contributed by atoms with Crippen molar-refractivity contribution in [2.45, 2.75) is 123 Å². The summed E-state index contributed by atoms with van der Waals surface area (Å²) >= 11 is 0. The normalized spacial score (nSPS) is 13.0. The molecule has 0 bridgehead atoms. The Balaban J connectivity index is 4.80. The standard InChI is InChI=1S/C34H61N3O14/c1-32(2,3)49-28(41)13-11-25(30(43)51-34(7,8)9)37-31(44)36-24(29(42)50-33(4,5)6)10-12-26(38)35-15-17-46-19-21-48-23-22-47-20-18-45-16-14-27(39)40/h24-25H,10-23H2,1-9H3,(H,35,38)(H,39,40)(H2,36,37,44)/t24-,25-/m0/s1. The number of hydrogen-bond acceptors (Lipinski definition) is 13. The maximum absolute atomic E-state index is 13.1. The SMILES string of the molecule is CC(C)(C)OC(=O)CC[C@H](NC(=O)N[C@@H](CCC(=O)NCCOCCOCCOCCOCCC(=O)O)C(=O)OC(C)(C)C)C(=O)OC(C)(C)C. The van der Waals surface area contributed by atoms with Gasteiger partial charge in [0.1, 0.15) is 28.9 Å². The van der Waals surface area contributed by atoms with Crippen molar-refractivity contribution in [2.75, 3.05) is 59.4 Å². The van der Waals surface area contributed by atoms with Gasteiger partial charge >= 0.3 is 29.9 Å². The van der Waals surface area contributed by atoms with Gasteiger partial charge in [-0.3, -0.25) is 14.4 Å². The Bertz CT molecular complexity index is 1080. The van der Waals surface area contributed by atoms with E-state index in [0.29, 0.717) is 33.0 Å². The van der Waals surface area contributed by atoms with Crippen LogP contribution in [-0.4, -0.2) is 129 Å². The number of amides is 3. The summed E-state index contributed by atoms with van der Waals surface area (Å²) in [7, 11) is 0. The van der Waals surface area contributed by atoms with Gasteiger partial charge in [0.05, 0.1) is 59.3 Å². The maximum Gasteiger partial charge on any atom is 0.329 e. The van der Waals surface area contributed by atoms with E-state index >= 15 is 0 Å². The molecular weight excluding hydrogens is 674 g/mol. The maximum atomic E-state index is 13.1. The largest absolute Gasteiger partial charge is 0.481 e. The molecule has 0 unspecified atom stereocenters. The van der Waals surface area contributed by atoms with Gasteiger partial charge in [0.25, 0.3) is 0 Å². The van der Waals surface area contributed by atoms with E-state index in [1.165, 1.54) is 0 Å². The van der Waals surface area contributed by atoms with E-state index in [2.05, 4.69) is 16.0 Å². The highest BCUT2D eigenvalue weighted by Gasteiger charge is 2.31. The molecule has 51 heavy (non-hydrogen) atoms. The van der Waals surface area contributed by atoms with Crippen molar-refractivity contribution in [1.82, 2.24) is 16.0 Å². The lowest BCUT2D eigenvalue weighted by atomic mass is 10.1. The first-order chi connectivity index (χ1) is 23.6. The molecule has 0 radical (unpaired) electrons. The van der Waals surface area contributed by atoms with Gasteiger partial charge in [-0.05, 0) is 75.2 Å². The molecule has 296 valence electrons. The van der Waals surface area contributed by atoms with Crippen LogP contribution < -0.4 is 16.0 Å². The Morgan fingerprint density at radius 2 is 0.922 bits per heavy atom. The van der Waals surface area contributed by atoms with Crippen molar-refractivity contribution in [2.24, 2.45) is 0 Å². The van der Waals surface area contributed by atoms with Crippen LogP contribution in [-0.2, 0) is 57.1 Å². The molecule has 0 saturated heterocycles. The average molecular weight is 736 g/mol. The zero-order chi connectivity index (χ0) is 39.1. The molecule has 0 saturated carbocycles. The molecule has 0 fully saturated rings. The molecule has 0 aromatic rings. The second kappa shape index (κ2) is 24.6. The first-order valence-corrected chi connectivity index (χ1v) is 17.1. The summed E-state index contributed by atoms with van der Waals surface area (Å²) in [5.41, 5.74) is -2.49. The smallest absolute Gasteiger partial charge is 0.329 e. The van der Waals surface area contributed by atoms with Crippen LogP contribution in [0.4, 0.5) is 4.79 Å². The van der Waals surface area contributed by atoms with Crippen molar-refractivity contribution < 1.29 is 67.0 Å². The van der Waals surface area contributed by atoms with Crippen LogP contribution >= 0.6 is 0 Å². The van der Waals surface area contributed by atoms with E-state index < -0.39 is 64.7 Å². The molecular formula is C34H61N3O14. The van der Waals surface area contributed by atoms with Crippen LogP contribution in [0, 0.1) is 0 Å². The molecule has 4 N–H and O–H groups in total. The second-order valence-electron chi connectivity index (χ2n) is 14.4. The molecule has 0 spiro atoms. The molecule has 0 aromatic carbocycles. The van der Waals surface area contributed by atoms with E-state index in [9.17, 15) is 28.8 Å². The van der Waals surface area contributed by atoms with Gasteiger partial charge in [0, 0.05) is 19.4 Å². The zero-order valence-corrected chi connectivity index (χ0v) is 31.8. The Labute approximate surface area is 301 Å². The van der Waals surface area contributed by atoms with Crippen LogP contribution in [0.2, 0.25) is 0 Å². The van der Waals surface area contributed by atoms with Crippen molar-refractivity contribution in [3.8, 4) is 0 Å². The second-order valence-corrected chi connectivity index (χ2v) is 14.4. The lowest BCUT2D eigenvalue weighted by Gasteiger charge is -2.27. The van der Waals surface area contributed by atoms with E-state index in [1.807, 2.05) is 0 Å². The Morgan fingerprint density at radius 1 is 0.529 bits per heavy atom. The fourth-order valence-corrected chi connectivity index (χ4v) is 3.80. The Kier molecular flexibility index (Phi) is 22.9. The minimum atomic E-state index is -1.23. The summed E-state index contributed by atoms with van der Waals surface area (Å²) in [4.78, 5) is 74.1.